The van der Waals surface area contributed by atoms with Crippen molar-refractivity contribution >= 4 is 17.7 Å². The third kappa shape index (κ3) is 3.38. The molecule has 4 rings (SSSR count). The van der Waals surface area contributed by atoms with E-state index >= 15 is 0 Å². The molecule has 1 aliphatic carbocycles. The van der Waals surface area contributed by atoms with Crippen LogP contribution in [0.5, 0.6) is 5.75 Å². The van der Waals surface area contributed by atoms with Crippen molar-refractivity contribution in [2.45, 2.75) is 70.0 Å². The standard InChI is InChI=1S/C20H25N3O5/c1-10(2)21-11-7-13(8-11)28-12-3-4-14-15(9-12)20(27)23(19(14)26)16-5-6-17(24)22-18(16)25/h3-4,9-11,13,16,20-21,27H,5-8H2,1-2H3,(H,22,24,25). The van der Waals surface area contributed by atoms with Crippen molar-refractivity contribution in [2.75, 3.05) is 0 Å². The SMILES string of the molecule is CC(C)NC1CC(Oc2ccc3c(c2)C(O)N(C2CCC(=O)NC2=O)C3=O)C1. The topological polar surface area (TPSA) is 108 Å². The number of hydrogen-bond acceptors (Lipinski definition) is 6. The molecule has 3 N–H and O–H groups in total. The van der Waals surface area contributed by atoms with Gasteiger partial charge in [-0.2, -0.15) is 0 Å². The number of imide groups is 1. The lowest BCUT2D eigenvalue weighted by Gasteiger charge is -2.37. The van der Waals surface area contributed by atoms with Gasteiger partial charge in [0.05, 0.1) is 0 Å². The maximum atomic E-state index is 12.7. The minimum atomic E-state index is -1.23. The van der Waals surface area contributed by atoms with Crippen LogP contribution in [0.3, 0.4) is 0 Å². The van der Waals surface area contributed by atoms with Crippen LogP contribution >= 0.6 is 0 Å². The summed E-state index contributed by atoms with van der Waals surface area (Å²) in [5.41, 5.74) is 0.792. The molecule has 0 spiro atoms. The van der Waals surface area contributed by atoms with Crippen molar-refractivity contribution in [1.29, 1.82) is 0 Å². The number of aliphatic hydroxyl groups is 1. The number of fused-ring (bicyclic) bond motifs is 1. The Morgan fingerprint density at radius 1 is 1.25 bits per heavy atom. The molecule has 2 fully saturated rings. The molecule has 28 heavy (non-hydrogen) atoms. The molecule has 1 aromatic carbocycles. The lowest BCUT2D eigenvalue weighted by molar-refractivity contribution is -0.139. The van der Waals surface area contributed by atoms with Crippen LogP contribution in [-0.2, 0) is 9.59 Å². The van der Waals surface area contributed by atoms with Crippen LogP contribution in [0.2, 0.25) is 0 Å². The predicted molar refractivity (Wildman–Crippen MR) is 99.5 cm³/mol. The molecule has 1 saturated carbocycles. The Labute approximate surface area is 163 Å². The van der Waals surface area contributed by atoms with Gasteiger partial charge < -0.3 is 15.2 Å². The van der Waals surface area contributed by atoms with E-state index in [-0.39, 0.29) is 24.9 Å². The normalized spacial score (nSPS) is 29.6. The van der Waals surface area contributed by atoms with Crippen LogP contribution in [0, 0.1) is 0 Å². The van der Waals surface area contributed by atoms with Gasteiger partial charge in [-0.1, -0.05) is 13.8 Å². The van der Waals surface area contributed by atoms with E-state index in [1.165, 1.54) is 0 Å². The first-order chi connectivity index (χ1) is 13.3. The Morgan fingerprint density at radius 3 is 2.68 bits per heavy atom. The molecular formula is C20H25N3O5. The van der Waals surface area contributed by atoms with Crippen LogP contribution < -0.4 is 15.4 Å². The molecule has 3 aliphatic rings. The molecular weight excluding hydrogens is 362 g/mol. The van der Waals surface area contributed by atoms with Gasteiger partial charge in [0.1, 0.15) is 17.9 Å². The van der Waals surface area contributed by atoms with Crippen molar-refractivity contribution < 1.29 is 24.2 Å². The second-order valence-electron chi connectivity index (χ2n) is 8.03. The Morgan fingerprint density at radius 2 is 2.00 bits per heavy atom. The quantitative estimate of drug-likeness (QED) is 0.647. The van der Waals surface area contributed by atoms with Gasteiger partial charge in [-0.25, -0.2) is 0 Å². The Hall–Kier alpha value is -2.45. The monoisotopic (exact) mass is 387 g/mol. The van der Waals surface area contributed by atoms with Gasteiger partial charge in [0.25, 0.3) is 5.91 Å². The smallest absolute Gasteiger partial charge is 0.257 e. The molecule has 2 atom stereocenters. The van der Waals surface area contributed by atoms with E-state index in [2.05, 4.69) is 24.5 Å². The maximum absolute atomic E-state index is 12.7. The van der Waals surface area contributed by atoms with E-state index in [0.717, 1.165) is 17.7 Å². The minimum absolute atomic E-state index is 0.106. The lowest BCUT2D eigenvalue weighted by Crippen LogP contribution is -2.53. The molecule has 0 bridgehead atoms. The zero-order valence-corrected chi connectivity index (χ0v) is 16.0. The average Bonchev–Trinajstić information content (AvgIpc) is 2.84. The van der Waals surface area contributed by atoms with Gasteiger partial charge in [-0.3, -0.25) is 24.6 Å². The van der Waals surface area contributed by atoms with E-state index in [1.54, 1.807) is 18.2 Å². The van der Waals surface area contributed by atoms with Gasteiger partial charge >= 0.3 is 0 Å². The van der Waals surface area contributed by atoms with Crippen molar-refractivity contribution in [1.82, 2.24) is 15.5 Å². The molecule has 8 heteroatoms. The molecule has 3 amide bonds. The first-order valence-electron chi connectivity index (χ1n) is 9.74. The second-order valence-corrected chi connectivity index (χ2v) is 8.03. The highest BCUT2D eigenvalue weighted by molar-refractivity contribution is 6.05. The largest absolute Gasteiger partial charge is 0.490 e. The van der Waals surface area contributed by atoms with Gasteiger partial charge in [-0.05, 0) is 37.5 Å². The van der Waals surface area contributed by atoms with Crippen LogP contribution in [0.1, 0.15) is 61.7 Å². The van der Waals surface area contributed by atoms with Crippen LogP contribution in [-0.4, -0.2) is 52.0 Å². The fourth-order valence-electron chi connectivity index (χ4n) is 4.14. The van der Waals surface area contributed by atoms with Gasteiger partial charge in [0, 0.05) is 29.6 Å². The number of ether oxygens (including phenoxy) is 1. The average molecular weight is 387 g/mol. The van der Waals surface area contributed by atoms with Crippen LogP contribution in [0.15, 0.2) is 18.2 Å². The fourth-order valence-corrected chi connectivity index (χ4v) is 4.14. The third-order valence-corrected chi connectivity index (χ3v) is 5.54. The maximum Gasteiger partial charge on any atom is 0.257 e. The minimum Gasteiger partial charge on any atom is -0.490 e. The molecule has 8 nitrogen and oxygen atoms in total. The fraction of sp³-hybridized carbons (Fsp3) is 0.550. The van der Waals surface area contributed by atoms with Crippen molar-refractivity contribution in [3.63, 3.8) is 0 Å². The van der Waals surface area contributed by atoms with E-state index in [4.69, 9.17) is 4.74 Å². The summed E-state index contributed by atoms with van der Waals surface area (Å²) in [5, 5.41) is 16.4. The van der Waals surface area contributed by atoms with Crippen LogP contribution in [0.4, 0.5) is 0 Å². The number of piperidine rings is 1. The Bertz CT molecular complexity index is 818. The summed E-state index contributed by atoms with van der Waals surface area (Å²) < 4.78 is 5.98. The summed E-state index contributed by atoms with van der Waals surface area (Å²) in [6.07, 6.45) is 1.06. The molecule has 2 unspecified atom stereocenters. The third-order valence-electron chi connectivity index (χ3n) is 5.54. The van der Waals surface area contributed by atoms with E-state index < -0.39 is 24.1 Å². The van der Waals surface area contributed by atoms with Crippen molar-refractivity contribution in [3.05, 3.63) is 29.3 Å². The number of carbonyl (C=O) groups is 3. The molecule has 0 aromatic heterocycles. The number of nitrogens with one attached hydrogen (secondary N) is 2. The summed E-state index contributed by atoms with van der Waals surface area (Å²) in [7, 11) is 0. The molecule has 150 valence electrons. The van der Waals surface area contributed by atoms with Gasteiger partial charge in [0.15, 0.2) is 6.23 Å². The zero-order valence-electron chi connectivity index (χ0n) is 16.0. The summed E-state index contributed by atoms with van der Waals surface area (Å²) in [4.78, 5) is 37.4. The number of nitrogens with zero attached hydrogens (tertiary/aromatic N) is 1. The summed E-state index contributed by atoms with van der Waals surface area (Å²) in [6, 6.07) is 5.06. The number of carbonyl (C=O) groups excluding carboxylic acids is 3. The van der Waals surface area contributed by atoms with Gasteiger partial charge in [0.2, 0.25) is 11.8 Å². The second kappa shape index (κ2) is 7.18. The number of aliphatic hydroxyl groups excluding tert-OH is 1. The molecule has 2 heterocycles. The Kier molecular flexibility index (Phi) is 4.84. The van der Waals surface area contributed by atoms with Gasteiger partial charge in [-0.15, -0.1) is 0 Å². The number of benzene rings is 1. The number of rotatable bonds is 5. The zero-order chi connectivity index (χ0) is 20.0. The summed E-state index contributed by atoms with van der Waals surface area (Å²) in [6.45, 7) is 4.22. The van der Waals surface area contributed by atoms with Crippen molar-refractivity contribution in [3.8, 4) is 5.75 Å². The number of amides is 3. The number of hydrogen-bond donors (Lipinski definition) is 3. The van der Waals surface area contributed by atoms with E-state index in [1.807, 2.05) is 0 Å². The van der Waals surface area contributed by atoms with E-state index in [0.29, 0.717) is 29.0 Å². The molecule has 0 radical (unpaired) electrons. The molecule has 2 aliphatic heterocycles. The lowest BCUT2D eigenvalue weighted by atomic mass is 9.88. The first kappa shape index (κ1) is 18.9. The predicted octanol–water partition coefficient (Wildman–Crippen LogP) is 0.846. The first-order valence-corrected chi connectivity index (χ1v) is 9.74. The van der Waals surface area contributed by atoms with Crippen molar-refractivity contribution in [2.24, 2.45) is 0 Å². The Balaban J connectivity index is 1.45. The summed E-state index contributed by atoms with van der Waals surface area (Å²) in [5.74, 6) is -0.718. The molecule has 1 saturated heterocycles. The highest BCUT2D eigenvalue weighted by Crippen LogP contribution is 2.38. The highest BCUT2D eigenvalue weighted by atomic mass is 16.5. The molecule has 1 aromatic rings. The van der Waals surface area contributed by atoms with E-state index in [9.17, 15) is 19.5 Å². The highest BCUT2D eigenvalue weighted by Gasteiger charge is 2.44. The summed E-state index contributed by atoms with van der Waals surface area (Å²) >= 11 is 0. The van der Waals surface area contributed by atoms with Crippen LogP contribution in [0.25, 0.3) is 0 Å².